The largest absolute Gasteiger partial charge is 0.507 e. The third-order valence-corrected chi connectivity index (χ3v) is 6.03. The molecule has 0 spiro atoms. The number of nitrogens with zero attached hydrogens (tertiary/aromatic N) is 2. The van der Waals surface area contributed by atoms with Crippen LogP contribution in [0.5, 0.6) is 23.0 Å². The molecule has 0 aliphatic carbocycles. The molecular formula is C31H28N4O6. The molecule has 4 aromatic carbocycles. The van der Waals surface area contributed by atoms with Crippen LogP contribution in [0.15, 0.2) is 95.1 Å². The van der Waals surface area contributed by atoms with Crippen LogP contribution in [-0.2, 0) is 6.42 Å². The van der Waals surface area contributed by atoms with Crippen molar-refractivity contribution < 1.29 is 29.3 Å². The van der Waals surface area contributed by atoms with E-state index in [1.54, 1.807) is 72.8 Å². The van der Waals surface area contributed by atoms with Crippen LogP contribution in [-0.4, -0.2) is 48.7 Å². The standard InChI is InChI=1S/C31H28N4O6/c1-40-28-9-5-3-7-24(28)30(38)34-32-18-22-16-20(11-13-26(22)36)15-21-12-14-27(37)23(17-21)19-33-35-31(39)25-8-4-6-10-29(25)41-2/h3-14,16-19,36-37H,15H2,1-2H3,(H,34,38)(H,35,39)/b32-18+,33-19+. The molecule has 0 unspecified atom stereocenters. The molecule has 41 heavy (non-hydrogen) atoms. The second-order valence-electron chi connectivity index (χ2n) is 8.76. The number of phenolic OH excluding ortho intramolecular Hbond substituents is 2. The van der Waals surface area contributed by atoms with Gasteiger partial charge in [-0.05, 0) is 66.1 Å². The summed E-state index contributed by atoms with van der Waals surface area (Å²) in [6, 6.07) is 23.6. The Morgan fingerprint density at radius 3 is 1.51 bits per heavy atom. The van der Waals surface area contributed by atoms with Gasteiger partial charge in [-0.2, -0.15) is 10.2 Å². The van der Waals surface area contributed by atoms with Gasteiger partial charge in [0.25, 0.3) is 11.8 Å². The van der Waals surface area contributed by atoms with Crippen LogP contribution in [0, 0.1) is 0 Å². The van der Waals surface area contributed by atoms with E-state index >= 15 is 0 Å². The molecule has 2 amide bonds. The predicted molar refractivity (Wildman–Crippen MR) is 155 cm³/mol. The van der Waals surface area contributed by atoms with Crippen molar-refractivity contribution in [2.75, 3.05) is 14.2 Å². The van der Waals surface area contributed by atoms with Crippen LogP contribution >= 0.6 is 0 Å². The van der Waals surface area contributed by atoms with E-state index in [4.69, 9.17) is 9.47 Å². The lowest BCUT2D eigenvalue weighted by Gasteiger charge is -2.08. The zero-order chi connectivity index (χ0) is 29.2. The molecule has 0 heterocycles. The Labute approximate surface area is 236 Å². The summed E-state index contributed by atoms with van der Waals surface area (Å²) in [6.45, 7) is 0. The molecule has 4 aromatic rings. The van der Waals surface area contributed by atoms with Gasteiger partial charge in [0.2, 0.25) is 0 Å². The van der Waals surface area contributed by atoms with E-state index in [1.165, 1.54) is 38.8 Å². The number of rotatable bonds is 10. The number of carbonyl (C=O) groups is 2. The highest BCUT2D eigenvalue weighted by Gasteiger charge is 2.12. The summed E-state index contributed by atoms with van der Waals surface area (Å²) in [6.07, 6.45) is 3.17. The van der Waals surface area contributed by atoms with Crippen LogP contribution in [0.1, 0.15) is 43.0 Å². The molecule has 10 nitrogen and oxygen atoms in total. The number of aromatic hydroxyl groups is 2. The van der Waals surface area contributed by atoms with E-state index in [9.17, 15) is 19.8 Å². The van der Waals surface area contributed by atoms with Crippen LogP contribution in [0.2, 0.25) is 0 Å². The maximum Gasteiger partial charge on any atom is 0.275 e. The Morgan fingerprint density at radius 2 is 1.10 bits per heavy atom. The summed E-state index contributed by atoms with van der Waals surface area (Å²) < 4.78 is 10.4. The van der Waals surface area contributed by atoms with Crippen LogP contribution < -0.4 is 20.3 Å². The number of nitrogens with one attached hydrogen (secondary N) is 2. The molecule has 0 saturated heterocycles. The van der Waals surface area contributed by atoms with E-state index in [1.807, 2.05) is 0 Å². The van der Waals surface area contributed by atoms with Crippen molar-refractivity contribution in [1.82, 2.24) is 10.9 Å². The maximum absolute atomic E-state index is 12.5. The average Bonchev–Trinajstić information content (AvgIpc) is 3.00. The summed E-state index contributed by atoms with van der Waals surface area (Å²) in [5.41, 5.74) is 8.03. The topological polar surface area (TPSA) is 142 Å². The minimum Gasteiger partial charge on any atom is -0.507 e. The first-order chi connectivity index (χ1) is 19.9. The lowest BCUT2D eigenvalue weighted by Crippen LogP contribution is -2.18. The Balaban J connectivity index is 1.43. The van der Waals surface area contributed by atoms with Crippen molar-refractivity contribution >= 4 is 24.2 Å². The highest BCUT2D eigenvalue weighted by Crippen LogP contribution is 2.23. The highest BCUT2D eigenvalue weighted by molar-refractivity contribution is 5.98. The molecule has 0 atom stereocenters. The lowest BCUT2D eigenvalue weighted by molar-refractivity contribution is 0.0944. The number of phenols is 2. The first-order valence-electron chi connectivity index (χ1n) is 12.5. The first-order valence-corrected chi connectivity index (χ1v) is 12.5. The van der Waals surface area contributed by atoms with Gasteiger partial charge >= 0.3 is 0 Å². The Hall–Kier alpha value is -5.64. The van der Waals surface area contributed by atoms with Crippen molar-refractivity contribution in [1.29, 1.82) is 0 Å². The van der Waals surface area contributed by atoms with Crippen LogP contribution in [0.25, 0.3) is 0 Å². The maximum atomic E-state index is 12.5. The van der Waals surface area contributed by atoms with E-state index < -0.39 is 11.8 Å². The number of benzene rings is 4. The fourth-order valence-electron chi connectivity index (χ4n) is 3.98. The Morgan fingerprint density at radius 1 is 0.683 bits per heavy atom. The van der Waals surface area contributed by atoms with Crippen molar-refractivity contribution in [2.45, 2.75) is 6.42 Å². The normalized spacial score (nSPS) is 11.0. The Kier molecular flexibility index (Phi) is 9.29. The van der Waals surface area contributed by atoms with Crippen LogP contribution in [0.4, 0.5) is 0 Å². The molecule has 4 N–H and O–H groups in total. The summed E-state index contributed by atoms with van der Waals surface area (Å²) in [7, 11) is 2.95. The highest BCUT2D eigenvalue weighted by atomic mass is 16.5. The lowest BCUT2D eigenvalue weighted by atomic mass is 10.0. The van der Waals surface area contributed by atoms with Gasteiger partial charge in [-0.25, -0.2) is 10.9 Å². The minimum atomic E-state index is -0.452. The van der Waals surface area contributed by atoms with Gasteiger partial charge in [-0.1, -0.05) is 36.4 Å². The zero-order valence-corrected chi connectivity index (χ0v) is 22.4. The number of amides is 2. The van der Waals surface area contributed by atoms with Gasteiger partial charge in [0.1, 0.15) is 23.0 Å². The molecule has 4 rings (SSSR count). The SMILES string of the molecule is COc1ccccc1C(=O)N/N=C/c1cc(Cc2ccc(O)c(/C=N/NC(=O)c3ccccc3OC)c2)ccc1O. The molecule has 0 bridgehead atoms. The number of carbonyl (C=O) groups excluding carboxylic acids is 2. The number of hydrogen-bond acceptors (Lipinski definition) is 8. The molecule has 0 saturated carbocycles. The minimum absolute atomic E-state index is 0.00615. The van der Waals surface area contributed by atoms with Crippen molar-refractivity contribution in [3.63, 3.8) is 0 Å². The number of methoxy groups -OCH3 is 2. The van der Waals surface area contributed by atoms with Gasteiger partial charge in [0.05, 0.1) is 37.8 Å². The summed E-state index contributed by atoms with van der Waals surface area (Å²) in [5, 5.41) is 28.5. The van der Waals surface area contributed by atoms with Crippen LogP contribution in [0.3, 0.4) is 0 Å². The number of hydrogen-bond donors (Lipinski definition) is 4. The monoisotopic (exact) mass is 552 g/mol. The molecule has 208 valence electrons. The fraction of sp³-hybridized carbons (Fsp3) is 0.0968. The summed E-state index contributed by atoms with van der Waals surface area (Å²) in [4.78, 5) is 24.9. The third-order valence-electron chi connectivity index (χ3n) is 6.03. The molecule has 0 fully saturated rings. The van der Waals surface area contributed by atoms with Gasteiger partial charge in [0.15, 0.2) is 0 Å². The molecule has 0 aliphatic heterocycles. The molecular weight excluding hydrogens is 524 g/mol. The van der Waals surface area contributed by atoms with Crippen molar-refractivity contribution in [2.24, 2.45) is 10.2 Å². The third kappa shape index (κ3) is 7.27. The predicted octanol–water partition coefficient (Wildman–Crippen LogP) is 4.23. The van der Waals surface area contributed by atoms with E-state index in [0.29, 0.717) is 40.2 Å². The average molecular weight is 553 g/mol. The molecule has 10 heteroatoms. The zero-order valence-electron chi connectivity index (χ0n) is 22.4. The van der Waals surface area contributed by atoms with E-state index in [0.717, 1.165) is 11.1 Å². The van der Waals surface area contributed by atoms with Crippen molar-refractivity contribution in [3.05, 3.63) is 118 Å². The molecule has 0 aromatic heterocycles. The van der Waals surface area contributed by atoms with E-state index in [2.05, 4.69) is 21.1 Å². The Bertz CT molecular complexity index is 1500. The number of para-hydroxylation sites is 2. The van der Waals surface area contributed by atoms with E-state index in [-0.39, 0.29) is 11.5 Å². The quantitative estimate of drug-likeness (QED) is 0.171. The van der Waals surface area contributed by atoms with Gasteiger partial charge in [-0.15, -0.1) is 0 Å². The first kappa shape index (κ1) is 28.4. The second-order valence-corrected chi connectivity index (χ2v) is 8.76. The number of ether oxygens (including phenoxy) is 2. The molecule has 0 radical (unpaired) electrons. The second kappa shape index (κ2) is 13.4. The number of hydrazone groups is 2. The van der Waals surface area contributed by atoms with Gasteiger partial charge in [0, 0.05) is 11.1 Å². The van der Waals surface area contributed by atoms with Crippen molar-refractivity contribution in [3.8, 4) is 23.0 Å². The summed E-state index contributed by atoms with van der Waals surface area (Å²) in [5.74, 6) is -0.0792. The summed E-state index contributed by atoms with van der Waals surface area (Å²) >= 11 is 0. The molecule has 0 aliphatic rings. The smallest absolute Gasteiger partial charge is 0.275 e. The van der Waals surface area contributed by atoms with Gasteiger partial charge < -0.3 is 19.7 Å². The fourth-order valence-corrected chi connectivity index (χ4v) is 3.98. The van der Waals surface area contributed by atoms with Gasteiger partial charge in [-0.3, -0.25) is 9.59 Å².